The van der Waals surface area contributed by atoms with Gasteiger partial charge in [-0.3, -0.25) is 0 Å². The van der Waals surface area contributed by atoms with Crippen LogP contribution in [0.4, 0.5) is 5.82 Å². The number of anilines is 1. The van der Waals surface area contributed by atoms with Crippen LogP contribution in [0, 0.1) is 5.92 Å². The zero-order chi connectivity index (χ0) is 11.7. The third-order valence-corrected chi connectivity index (χ3v) is 3.21. The molecule has 16 heavy (non-hydrogen) atoms. The van der Waals surface area contributed by atoms with Crippen molar-refractivity contribution in [3.63, 3.8) is 0 Å². The van der Waals surface area contributed by atoms with E-state index >= 15 is 0 Å². The van der Waals surface area contributed by atoms with Crippen molar-refractivity contribution in [2.24, 2.45) is 5.92 Å². The number of carboxylic acids is 1. The van der Waals surface area contributed by atoms with Crippen molar-refractivity contribution in [3.05, 3.63) is 22.3 Å². The topological polar surface area (TPSA) is 62.2 Å². The monoisotopic (exact) mass is 284 g/mol. The van der Waals surface area contributed by atoms with E-state index in [-0.39, 0.29) is 11.6 Å². The summed E-state index contributed by atoms with van der Waals surface area (Å²) in [4.78, 5) is 15.2. The second kappa shape index (κ2) is 4.41. The summed E-state index contributed by atoms with van der Waals surface area (Å²) in [5.74, 6) is 0.154. The maximum Gasteiger partial charge on any atom is 0.339 e. The van der Waals surface area contributed by atoms with E-state index in [2.05, 4.69) is 33.2 Å². The van der Waals surface area contributed by atoms with Crippen molar-refractivity contribution >= 4 is 27.7 Å². The number of hydrogen-bond acceptors (Lipinski definition) is 3. The number of carboxylic acid groups (broad SMARTS) is 1. The summed E-state index contributed by atoms with van der Waals surface area (Å²) in [5, 5.41) is 12.2. The maximum atomic E-state index is 11.0. The highest BCUT2D eigenvalue weighted by molar-refractivity contribution is 9.10. The van der Waals surface area contributed by atoms with Gasteiger partial charge < -0.3 is 10.4 Å². The Hall–Kier alpha value is -1.10. The second-order valence-corrected chi connectivity index (χ2v) is 5.04. The molecule has 5 heteroatoms. The molecule has 2 rings (SSSR count). The Morgan fingerprint density at radius 1 is 1.69 bits per heavy atom. The van der Waals surface area contributed by atoms with Gasteiger partial charge in [-0.2, -0.15) is 0 Å². The molecule has 1 aliphatic rings. The van der Waals surface area contributed by atoms with Crippen LogP contribution < -0.4 is 5.32 Å². The molecule has 4 nitrogen and oxygen atoms in total. The molecule has 1 aromatic heterocycles. The minimum absolute atomic E-state index is 0.210. The summed E-state index contributed by atoms with van der Waals surface area (Å²) in [5.41, 5.74) is 0.210. The number of carbonyl (C=O) groups is 1. The Bertz CT molecular complexity index is 418. The Morgan fingerprint density at radius 2 is 2.38 bits per heavy atom. The molecule has 86 valence electrons. The van der Waals surface area contributed by atoms with Crippen LogP contribution in [0.5, 0.6) is 0 Å². The van der Waals surface area contributed by atoms with E-state index in [1.54, 1.807) is 12.3 Å². The SMILES string of the molecule is CC(Nc1ncc(Br)cc1C(=O)O)C1CC1. The number of pyridine rings is 1. The predicted molar refractivity (Wildman–Crippen MR) is 64.7 cm³/mol. The minimum atomic E-state index is -0.959. The van der Waals surface area contributed by atoms with Crippen molar-refractivity contribution in [1.29, 1.82) is 0 Å². The van der Waals surface area contributed by atoms with E-state index in [0.29, 0.717) is 16.2 Å². The van der Waals surface area contributed by atoms with E-state index in [1.165, 1.54) is 12.8 Å². The van der Waals surface area contributed by atoms with Crippen molar-refractivity contribution in [2.45, 2.75) is 25.8 Å². The quantitative estimate of drug-likeness (QED) is 0.893. The summed E-state index contributed by atoms with van der Waals surface area (Å²) >= 11 is 3.22. The summed E-state index contributed by atoms with van der Waals surface area (Å²) < 4.78 is 0.675. The lowest BCUT2D eigenvalue weighted by Crippen LogP contribution is -2.20. The van der Waals surface area contributed by atoms with E-state index in [1.807, 2.05) is 0 Å². The standard InChI is InChI=1S/C11H13BrN2O2/c1-6(7-2-3-7)14-10-9(11(15)16)4-8(12)5-13-10/h4-7H,2-3H2,1H3,(H,13,14)(H,15,16). The number of aromatic carboxylic acids is 1. The molecule has 1 unspecified atom stereocenters. The maximum absolute atomic E-state index is 11.0. The highest BCUT2D eigenvalue weighted by atomic mass is 79.9. The first-order chi connectivity index (χ1) is 7.58. The molecular weight excluding hydrogens is 272 g/mol. The molecule has 0 aliphatic heterocycles. The molecule has 0 bridgehead atoms. The van der Waals surface area contributed by atoms with E-state index < -0.39 is 5.97 Å². The summed E-state index contributed by atoms with van der Waals surface area (Å²) in [7, 11) is 0. The smallest absolute Gasteiger partial charge is 0.339 e. The Kier molecular flexibility index (Phi) is 3.14. The molecule has 1 aliphatic carbocycles. The van der Waals surface area contributed by atoms with Crippen molar-refractivity contribution < 1.29 is 9.90 Å². The van der Waals surface area contributed by atoms with Gasteiger partial charge >= 0.3 is 5.97 Å². The highest BCUT2D eigenvalue weighted by Crippen LogP contribution is 2.34. The lowest BCUT2D eigenvalue weighted by atomic mass is 10.2. The molecule has 1 aromatic rings. The zero-order valence-electron chi connectivity index (χ0n) is 8.90. The van der Waals surface area contributed by atoms with Gasteiger partial charge in [-0.15, -0.1) is 0 Å². The summed E-state index contributed by atoms with van der Waals surface area (Å²) in [6.07, 6.45) is 4.04. The molecule has 0 amide bonds. The van der Waals surface area contributed by atoms with Gasteiger partial charge in [-0.05, 0) is 47.7 Å². The molecule has 0 spiro atoms. The van der Waals surface area contributed by atoms with Gasteiger partial charge in [0.15, 0.2) is 0 Å². The fourth-order valence-electron chi connectivity index (χ4n) is 1.65. The van der Waals surface area contributed by atoms with Crippen LogP contribution in [0.15, 0.2) is 16.7 Å². The molecule has 1 heterocycles. The van der Waals surface area contributed by atoms with Crippen LogP contribution in [0.2, 0.25) is 0 Å². The Labute approximate surface area is 102 Å². The third kappa shape index (κ3) is 2.52. The molecule has 2 N–H and O–H groups in total. The first-order valence-corrected chi connectivity index (χ1v) is 6.02. The average molecular weight is 285 g/mol. The molecule has 1 atom stereocenters. The van der Waals surface area contributed by atoms with E-state index in [9.17, 15) is 4.79 Å². The van der Waals surface area contributed by atoms with Crippen LogP contribution in [0.1, 0.15) is 30.1 Å². The van der Waals surface area contributed by atoms with Gasteiger partial charge in [0.2, 0.25) is 0 Å². The fourth-order valence-corrected chi connectivity index (χ4v) is 1.98. The van der Waals surface area contributed by atoms with Gasteiger partial charge in [0.05, 0.1) is 0 Å². The first kappa shape index (κ1) is 11.4. The van der Waals surface area contributed by atoms with Gasteiger partial charge in [-0.25, -0.2) is 9.78 Å². The van der Waals surface area contributed by atoms with Crippen LogP contribution in [-0.2, 0) is 0 Å². The minimum Gasteiger partial charge on any atom is -0.478 e. The number of nitrogens with one attached hydrogen (secondary N) is 1. The van der Waals surface area contributed by atoms with Gasteiger partial charge in [-0.1, -0.05) is 0 Å². The van der Waals surface area contributed by atoms with Crippen LogP contribution in [0.25, 0.3) is 0 Å². The van der Waals surface area contributed by atoms with Gasteiger partial charge in [0, 0.05) is 16.7 Å². The molecule has 0 aromatic carbocycles. The molecule has 1 saturated carbocycles. The van der Waals surface area contributed by atoms with Gasteiger partial charge in [0.1, 0.15) is 11.4 Å². The van der Waals surface area contributed by atoms with Crippen molar-refractivity contribution in [3.8, 4) is 0 Å². The van der Waals surface area contributed by atoms with Crippen molar-refractivity contribution in [1.82, 2.24) is 4.98 Å². The number of aromatic nitrogens is 1. The zero-order valence-corrected chi connectivity index (χ0v) is 10.5. The van der Waals surface area contributed by atoms with E-state index in [0.717, 1.165) is 0 Å². The lowest BCUT2D eigenvalue weighted by molar-refractivity contribution is 0.0697. The fraction of sp³-hybridized carbons (Fsp3) is 0.455. The number of rotatable bonds is 4. The molecule has 1 fully saturated rings. The van der Waals surface area contributed by atoms with E-state index in [4.69, 9.17) is 5.11 Å². The highest BCUT2D eigenvalue weighted by Gasteiger charge is 2.28. The lowest BCUT2D eigenvalue weighted by Gasteiger charge is -2.15. The Morgan fingerprint density at radius 3 is 2.94 bits per heavy atom. The molecule has 0 saturated heterocycles. The van der Waals surface area contributed by atoms with Crippen LogP contribution in [0.3, 0.4) is 0 Å². The van der Waals surface area contributed by atoms with Gasteiger partial charge in [0.25, 0.3) is 0 Å². The second-order valence-electron chi connectivity index (χ2n) is 4.13. The van der Waals surface area contributed by atoms with Crippen molar-refractivity contribution in [2.75, 3.05) is 5.32 Å². The summed E-state index contributed by atoms with van der Waals surface area (Å²) in [6, 6.07) is 1.85. The first-order valence-electron chi connectivity index (χ1n) is 5.23. The molecule has 0 radical (unpaired) electrons. The number of halogens is 1. The third-order valence-electron chi connectivity index (χ3n) is 2.78. The largest absolute Gasteiger partial charge is 0.478 e. The normalized spacial score (nSPS) is 16.9. The molecular formula is C11H13BrN2O2. The van der Waals surface area contributed by atoms with Crippen LogP contribution in [-0.4, -0.2) is 22.1 Å². The number of nitrogens with zero attached hydrogens (tertiary/aromatic N) is 1. The average Bonchev–Trinajstić information content (AvgIpc) is 3.03. The van der Waals surface area contributed by atoms with Crippen LogP contribution >= 0.6 is 15.9 Å². The Balaban J connectivity index is 2.21. The summed E-state index contributed by atoms with van der Waals surface area (Å²) in [6.45, 7) is 2.06. The number of hydrogen-bond donors (Lipinski definition) is 2. The predicted octanol–water partition coefficient (Wildman–Crippen LogP) is 2.75.